The first kappa shape index (κ1) is 18.6. The van der Waals surface area contributed by atoms with Crippen LogP contribution in [0.1, 0.15) is 32.6 Å². The Labute approximate surface area is 143 Å². The van der Waals surface area contributed by atoms with Gasteiger partial charge in [-0.3, -0.25) is 20.2 Å². The number of nitrogens with zero attached hydrogens (tertiary/aromatic N) is 1. The zero-order chi connectivity index (χ0) is 18.4. The smallest absolute Gasteiger partial charge is 0.321 e. The highest BCUT2D eigenvalue weighted by Gasteiger charge is 2.23. The number of hydrogen-bond donors (Lipinski definition) is 2. The molecule has 0 spiro atoms. The van der Waals surface area contributed by atoms with Gasteiger partial charge in [0.15, 0.2) is 6.61 Å². The molecule has 0 heterocycles. The van der Waals surface area contributed by atoms with E-state index in [1.807, 2.05) is 6.92 Å². The van der Waals surface area contributed by atoms with Gasteiger partial charge in [0.05, 0.1) is 4.92 Å². The fourth-order valence-electron chi connectivity index (χ4n) is 2.80. The molecule has 1 aromatic carbocycles. The molecule has 1 fully saturated rings. The quantitative estimate of drug-likeness (QED) is 0.624. The molecule has 136 valence electrons. The van der Waals surface area contributed by atoms with Gasteiger partial charge in [0.1, 0.15) is 5.82 Å². The molecule has 1 saturated carbocycles. The first-order chi connectivity index (χ1) is 11.9. The normalized spacial score (nSPS) is 19.8. The summed E-state index contributed by atoms with van der Waals surface area (Å²) in [6.07, 6.45) is 4.02. The van der Waals surface area contributed by atoms with E-state index in [-0.39, 0.29) is 11.8 Å². The zero-order valence-corrected chi connectivity index (χ0v) is 13.8. The number of imide groups is 1. The van der Waals surface area contributed by atoms with E-state index >= 15 is 0 Å². The predicted octanol–water partition coefficient (Wildman–Crippen LogP) is 2.52. The van der Waals surface area contributed by atoms with Crippen LogP contribution in [0.2, 0.25) is 0 Å². The van der Waals surface area contributed by atoms with Crippen LogP contribution in [0, 0.1) is 21.8 Å². The maximum Gasteiger partial charge on any atom is 0.321 e. The van der Waals surface area contributed by atoms with Crippen LogP contribution in [0.3, 0.4) is 0 Å². The number of urea groups is 1. The van der Waals surface area contributed by atoms with Gasteiger partial charge >= 0.3 is 11.7 Å². The van der Waals surface area contributed by atoms with E-state index < -0.39 is 35.0 Å². The summed E-state index contributed by atoms with van der Waals surface area (Å²) in [5, 5.41) is 15.7. The Morgan fingerprint density at radius 3 is 2.76 bits per heavy atom. The second-order valence-corrected chi connectivity index (χ2v) is 6.05. The van der Waals surface area contributed by atoms with Gasteiger partial charge < -0.3 is 10.1 Å². The lowest BCUT2D eigenvalue weighted by atomic mass is 9.86. The molecule has 1 aromatic rings. The van der Waals surface area contributed by atoms with Gasteiger partial charge in [0, 0.05) is 18.2 Å². The number of benzene rings is 1. The van der Waals surface area contributed by atoms with Crippen molar-refractivity contribution >= 4 is 17.6 Å². The summed E-state index contributed by atoms with van der Waals surface area (Å²) in [7, 11) is 0. The highest BCUT2D eigenvalue weighted by atomic mass is 19.1. The van der Waals surface area contributed by atoms with Crippen LogP contribution in [0.25, 0.3) is 0 Å². The van der Waals surface area contributed by atoms with Gasteiger partial charge in [-0.05, 0) is 24.8 Å². The Morgan fingerprint density at radius 2 is 2.08 bits per heavy atom. The minimum Gasteiger partial charge on any atom is -0.477 e. The predicted molar refractivity (Wildman–Crippen MR) is 86.6 cm³/mol. The second kappa shape index (κ2) is 8.41. The number of amides is 3. The van der Waals surface area contributed by atoms with Crippen molar-refractivity contribution in [2.24, 2.45) is 5.92 Å². The molecule has 3 amide bonds. The van der Waals surface area contributed by atoms with Gasteiger partial charge in [0.2, 0.25) is 5.75 Å². The molecular weight excluding hydrogens is 333 g/mol. The third-order valence-corrected chi connectivity index (χ3v) is 4.16. The zero-order valence-electron chi connectivity index (χ0n) is 13.8. The maximum absolute atomic E-state index is 13.2. The summed E-state index contributed by atoms with van der Waals surface area (Å²) in [4.78, 5) is 33.7. The average Bonchev–Trinajstić information content (AvgIpc) is 2.55. The number of nitrogens with one attached hydrogen (secondary N) is 2. The Bertz CT molecular complexity index is 667. The minimum atomic E-state index is -0.778. The monoisotopic (exact) mass is 353 g/mol. The van der Waals surface area contributed by atoms with Crippen LogP contribution in [0.15, 0.2) is 18.2 Å². The molecule has 25 heavy (non-hydrogen) atoms. The van der Waals surface area contributed by atoms with Gasteiger partial charge in [-0.2, -0.15) is 0 Å². The molecule has 2 rings (SSSR count). The number of hydrogen-bond acceptors (Lipinski definition) is 5. The van der Waals surface area contributed by atoms with E-state index in [4.69, 9.17) is 4.74 Å². The molecule has 1 aliphatic rings. The van der Waals surface area contributed by atoms with Crippen molar-refractivity contribution in [1.29, 1.82) is 0 Å². The number of nitro benzene ring substituents is 1. The molecule has 2 atom stereocenters. The summed E-state index contributed by atoms with van der Waals surface area (Å²) < 4.78 is 18.2. The second-order valence-electron chi connectivity index (χ2n) is 6.05. The standard InChI is InChI=1S/C16H20FN3O5/c1-10-4-2-3-5-12(10)18-16(22)19-15(21)9-25-14-8-11(17)6-7-13(14)20(23)24/h6-8,10,12H,2-5,9H2,1H3,(H2,18,19,21,22)/t10-,12-/m0/s1. The van der Waals surface area contributed by atoms with E-state index in [0.29, 0.717) is 5.92 Å². The van der Waals surface area contributed by atoms with Gasteiger partial charge in [0.25, 0.3) is 5.91 Å². The summed E-state index contributed by atoms with van der Waals surface area (Å²) >= 11 is 0. The Balaban J connectivity index is 1.85. The lowest BCUT2D eigenvalue weighted by Gasteiger charge is -2.29. The largest absolute Gasteiger partial charge is 0.477 e. The van der Waals surface area contributed by atoms with Crippen molar-refractivity contribution in [3.05, 3.63) is 34.1 Å². The molecule has 0 bridgehead atoms. The molecule has 2 N–H and O–H groups in total. The van der Waals surface area contributed by atoms with Crippen LogP contribution < -0.4 is 15.4 Å². The van der Waals surface area contributed by atoms with E-state index in [1.165, 1.54) is 0 Å². The molecular formula is C16H20FN3O5. The summed E-state index contributed by atoms with van der Waals surface area (Å²) in [6.45, 7) is 1.40. The lowest BCUT2D eigenvalue weighted by molar-refractivity contribution is -0.385. The van der Waals surface area contributed by atoms with Crippen molar-refractivity contribution in [3.8, 4) is 5.75 Å². The number of halogens is 1. The average molecular weight is 353 g/mol. The maximum atomic E-state index is 13.2. The fraction of sp³-hybridized carbons (Fsp3) is 0.500. The first-order valence-electron chi connectivity index (χ1n) is 8.04. The van der Waals surface area contributed by atoms with E-state index in [1.54, 1.807) is 0 Å². The van der Waals surface area contributed by atoms with Crippen LogP contribution in [-0.2, 0) is 4.79 Å². The number of ether oxygens (including phenoxy) is 1. The molecule has 8 nitrogen and oxygen atoms in total. The molecule has 0 saturated heterocycles. The van der Waals surface area contributed by atoms with Gasteiger partial charge in [-0.25, -0.2) is 9.18 Å². The summed E-state index contributed by atoms with van der Waals surface area (Å²) in [5.41, 5.74) is -0.463. The van der Waals surface area contributed by atoms with Crippen LogP contribution in [-0.4, -0.2) is 29.5 Å². The summed E-state index contributed by atoms with van der Waals surface area (Å²) in [6, 6.07) is 2.05. The van der Waals surface area contributed by atoms with Crippen LogP contribution >= 0.6 is 0 Å². The lowest BCUT2D eigenvalue weighted by Crippen LogP contribution is -2.48. The molecule has 9 heteroatoms. The van der Waals surface area contributed by atoms with Gasteiger partial charge in [-0.15, -0.1) is 0 Å². The Morgan fingerprint density at radius 1 is 1.36 bits per heavy atom. The topological polar surface area (TPSA) is 111 Å². The van der Waals surface area contributed by atoms with Crippen molar-refractivity contribution in [2.75, 3.05) is 6.61 Å². The van der Waals surface area contributed by atoms with E-state index in [0.717, 1.165) is 43.9 Å². The SMILES string of the molecule is C[C@H]1CCCC[C@@H]1NC(=O)NC(=O)COc1cc(F)ccc1[N+](=O)[O-]. The van der Waals surface area contributed by atoms with Crippen LogP contribution in [0.5, 0.6) is 5.75 Å². The number of carbonyl (C=O) groups excluding carboxylic acids is 2. The van der Waals surface area contributed by atoms with Gasteiger partial charge in [-0.1, -0.05) is 19.8 Å². The minimum absolute atomic E-state index is 0.00627. The third-order valence-electron chi connectivity index (χ3n) is 4.16. The highest BCUT2D eigenvalue weighted by Crippen LogP contribution is 2.27. The molecule has 0 aromatic heterocycles. The van der Waals surface area contributed by atoms with Crippen LogP contribution in [0.4, 0.5) is 14.9 Å². The summed E-state index contributed by atoms with van der Waals surface area (Å²) in [5.74, 6) is -1.55. The van der Waals surface area contributed by atoms with Crippen molar-refractivity contribution in [3.63, 3.8) is 0 Å². The fourth-order valence-corrected chi connectivity index (χ4v) is 2.80. The first-order valence-corrected chi connectivity index (χ1v) is 8.04. The third kappa shape index (κ3) is 5.40. The number of rotatable bonds is 5. The number of nitro groups is 1. The molecule has 1 aliphatic carbocycles. The highest BCUT2D eigenvalue weighted by molar-refractivity contribution is 5.95. The van der Waals surface area contributed by atoms with Crippen molar-refractivity contribution in [1.82, 2.24) is 10.6 Å². The Hall–Kier alpha value is -2.71. The number of carbonyl (C=O) groups is 2. The molecule has 0 aliphatic heterocycles. The molecule has 0 unspecified atom stereocenters. The van der Waals surface area contributed by atoms with E-state index in [2.05, 4.69) is 10.6 Å². The molecule has 0 radical (unpaired) electrons. The van der Waals surface area contributed by atoms with Crippen molar-refractivity contribution in [2.45, 2.75) is 38.6 Å². The van der Waals surface area contributed by atoms with Crippen molar-refractivity contribution < 1.29 is 23.6 Å². The van der Waals surface area contributed by atoms with E-state index in [9.17, 15) is 24.1 Å². The Kier molecular flexibility index (Phi) is 6.26.